The Morgan fingerprint density at radius 1 is 1.04 bits per heavy atom. The molecule has 5 heteroatoms. The third-order valence-electron chi connectivity index (χ3n) is 3.59. The van der Waals surface area contributed by atoms with Crippen LogP contribution in [0.5, 0.6) is 0 Å². The van der Waals surface area contributed by atoms with Crippen LogP contribution >= 0.6 is 11.3 Å². The lowest BCUT2D eigenvalue weighted by molar-refractivity contribution is -0.121. The second-order valence-electron chi connectivity index (χ2n) is 5.36. The van der Waals surface area contributed by atoms with Gasteiger partial charge in [0.1, 0.15) is 0 Å². The van der Waals surface area contributed by atoms with Crippen molar-refractivity contribution in [2.75, 3.05) is 13.1 Å². The minimum Gasteiger partial charge on any atom is -0.356 e. The van der Waals surface area contributed by atoms with Gasteiger partial charge in [-0.05, 0) is 42.3 Å². The molecule has 0 saturated carbocycles. The maximum Gasteiger partial charge on any atom is 0.261 e. The van der Waals surface area contributed by atoms with E-state index in [1.807, 2.05) is 23.6 Å². The number of thiophene rings is 1. The van der Waals surface area contributed by atoms with Crippen molar-refractivity contribution in [1.29, 1.82) is 0 Å². The zero-order chi connectivity index (χ0) is 16.5. The second kappa shape index (κ2) is 9.10. The first-order valence-corrected chi connectivity index (χ1v) is 8.67. The van der Waals surface area contributed by atoms with Gasteiger partial charge in [0, 0.05) is 19.5 Å². The maximum atomic E-state index is 11.8. The number of hydrogen-bond donors (Lipinski definition) is 2. The van der Waals surface area contributed by atoms with E-state index in [2.05, 4.69) is 29.7 Å². The third kappa shape index (κ3) is 5.87. The molecule has 23 heavy (non-hydrogen) atoms. The molecule has 0 aliphatic heterocycles. The van der Waals surface area contributed by atoms with Crippen molar-refractivity contribution in [3.05, 3.63) is 57.8 Å². The molecule has 1 heterocycles. The minimum absolute atomic E-state index is 0.0314. The molecule has 0 radical (unpaired) electrons. The van der Waals surface area contributed by atoms with Gasteiger partial charge in [0.2, 0.25) is 5.91 Å². The van der Waals surface area contributed by atoms with Crippen molar-refractivity contribution < 1.29 is 9.59 Å². The Bertz CT molecular complexity index is 638. The molecule has 0 atom stereocenters. The average molecular weight is 330 g/mol. The number of carbonyl (C=O) groups is 2. The van der Waals surface area contributed by atoms with Crippen LogP contribution < -0.4 is 10.6 Å². The highest BCUT2D eigenvalue weighted by atomic mass is 32.1. The van der Waals surface area contributed by atoms with E-state index in [-0.39, 0.29) is 11.8 Å². The van der Waals surface area contributed by atoms with E-state index in [1.54, 1.807) is 6.07 Å². The summed E-state index contributed by atoms with van der Waals surface area (Å²) in [5.41, 5.74) is 2.51. The van der Waals surface area contributed by atoms with E-state index in [0.29, 0.717) is 30.8 Å². The molecule has 0 unspecified atom stereocenters. The lowest BCUT2D eigenvalue weighted by Crippen LogP contribution is -2.28. The summed E-state index contributed by atoms with van der Waals surface area (Å²) in [6, 6.07) is 11.8. The molecular weight excluding hydrogens is 308 g/mol. The van der Waals surface area contributed by atoms with Gasteiger partial charge in [-0.2, -0.15) is 0 Å². The molecule has 0 bridgehead atoms. The highest BCUT2D eigenvalue weighted by Crippen LogP contribution is 2.08. The predicted molar refractivity (Wildman–Crippen MR) is 93.8 cm³/mol. The number of amides is 2. The highest BCUT2D eigenvalue weighted by Gasteiger charge is 2.06. The summed E-state index contributed by atoms with van der Waals surface area (Å²) in [4.78, 5) is 24.2. The highest BCUT2D eigenvalue weighted by molar-refractivity contribution is 7.12. The topological polar surface area (TPSA) is 58.2 Å². The van der Waals surface area contributed by atoms with Gasteiger partial charge in [-0.15, -0.1) is 11.3 Å². The van der Waals surface area contributed by atoms with Gasteiger partial charge < -0.3 is 10.6 Å². The lowest BCUT2D eigenvalue weighted by Gasteiger charge is -2.08. The number of rotatable bonds is 8. The van der Waals surface area contributed by atoms with Crippen LogP contribution in [0, 0.1) is 6.92 Å². The minimum atomic E-state index is -0.0695. The van der Waals surface area contributed by atoms with E-state index in [1.165, 1.54) is 22.5 Å². The molecule has 122 valence electrons. The van der Waals surface area contributed by atoms with Gasteiger partial charge >= 0.3 is 0 Å². The predicted octanol–water partition coefficient (Wildman–Crippen LogP) is 2.93. The normalized spacial score (nSPS) is 10.3. The van der Waals surface area contributed by atoms with Crippen LogP contribution in [0.2, 0.25) is 0 Å². The Balaban J connectivity index is 1.57. The standard InChI is InChI=1S/C18H22N2O2S/c1-14-6-2-3-7-15(14)10-12-19-17(21)9-4-11-20-18(22)16-8-5-13-23-16/h2-3,5-8,13H,4,9-12H2,1H3,(H,19,21)(H,20,22). The summed E-state index contributed by atoms with van der Waals surface area (Å²) in [7, 11) is 0. The maximum absolute atomic E-state index is 11.8. The van der Waals surface area contributed by atoms with Crippen LogP contribution in [0.15, 0.2) is 41.8 Å². The number of carbonyl (C=O) groups excluding carboxylic acids is 2. The second-order valence-corrected chi connectivity index (χ2v) is 6.31. The molecule has 0 fully saturated rings. The number of aryl methyl sites for hydroxylation is 1. The van der Waals surface area contributed by atoms with Crippen molar-refractivity contribution in [2.24, 2.45) is 0 Å². The van der Waals surface area contributed by atoms with Gasteiger partial charge in [0.05, 0.1) is 4.88 Å². The van der Waals surface area contributed by atoms with E-state index in [4.69, 9.17) is 0 Å². The van der Waals surface area contributed by atoms with Crippen LogP contribution in [0.25, 0.3) is 0 Å². The SMILES string of the molecule is Cc1ccccc1CCNC(=O)CCCNC(=O)c1cccs1. The quantitative estimate of drug-likeness (QED) is 0.731. The van der Waals surface area contributed by atoms with E-state index < -0.39 is 0 Å². The van der Waals surface area contributed by atoms with Crippen LogP contribution in [0.4, 0.5) is 0 Å². The number of benzene rings is 1. The summed E-state index contributed by atoms with van der Waals surface area (Å²) >= 11 is 1.41. The first-order chi connectivity index (χ1) is 11.2. The van der Waals surface area contributed by atoms with Crippen LogP contribution in [-0.4, -0.2) is 24.9 Å². The van der Waals surface area contributed by atoms with Gasteiger partial charge in [0.25, 0.3) is 5.91 Å². The molecule has 2 rings (SSSR count). The van der Waals surface area contributed by atoms with Crippen LogP contribution in [0.1, 0.15) is 33.6 Å². The van der Waals surface area contributed by atoms with Crippen LogP contribution in [-0.2, 0) is 11.2 Å². The Kier molecular flexibility index (Phi) is 6.81. The summed E-state index contributed by atoms with van der Waals surface area (Å²) in [5, 5.41) is 7.62. The fourth-order valence-corrected chi connectivity index (χ4v) is 2.90. The molecule has 0 aliphatic carbocycles. The first-order valence-electron chi connectivity index (χ1n) is 7.79. The van der Waals surface area contributed by atoms with Crippen LogP contribution in [0.3, 0.4) is 0 Å². The lowest BCUT2D eigenvalue weighted by atomic mass is 10.1. The van der Waals surface area contributed by atoms with Crippen molar-refractivity contribution >= 4 is 23.2 Å². The molecule has 2 N–H and O–H groups in total. The van der Waals surface area contributed by atoms with Crippen molar-refractivity contribution in [3.8, 4) is 0 Å². The van der Waals surface area contributed by atoms with Crippen molar-refractivity contribution in [1.82, 2.24) is 10.6 Å². The summed E-state index contributed by atoms with van der Waals surface area (Å²) in [6.07, 6.45) is 1.92. The van der Waals surface area contributed by atoms with Gasteiger partial charge in [-0.25, -0.2) is 0 Å². The average Bonchev–Trinajstić information content (AvgIpc) is 3.08. The fourth-order valence-electron chi connectivity index (χ4n) is 2.26. The summed E-state index contributed by atoms with van der Waals surface area (Å²) in [5.74, 6) is -0.0380. The van der Waals surface area contributed by atoms with E-state index in [9.17, 15) is 9.59 Å². The fraction of sp³-hybridized carbons (Fsp3) is 0.333. The Morgan fingerprint density at radius 2 is 1.87 bits per heavy atom. The zero-order valence-corrected chi connectivity index (χ0v) is 14.1. The monoisotopic (exact) mass is 330 g/mol. The summed E-state index contributed by atoms with van der Waals surface area (Å²) in [6.45, 7) is 3.24. The molecule has 4 nitrogen and oxygen atoms in total. The van der Waals surface area contributed by atoms with Gasteiger partial charge in [-0.3, -0.25) is 9.59 Å². The largest absolute Gasteiger partial charge is 0.356 e. The summed E-state index contributed by atoms with van der Waals surface area (Å²) < 4.78 is 0. The molecule has 2 aromatic rings. The molecule has 0 spiro atoms. The Hall–Kier alpha value is -2.14. The molecule has 0 aliphatic rings. The van der Waals surface area contributed by atoms with E-state index >= 15 is 0 Å². The third-order valence-corrected chi connectivity index (χ3v) is 4.46. The number of hydrogen-bond acceptors (Lipinski definition) is 3. The smallest absolute Gasteiger partial charge is 0.261 e. The zero-order valence-electron chi connectivity index (χ0n) is 13.3. The van der Waals surface area contributed by atoms with Gasteiger partial charge in [-0.1, -0.05) is 30.3 Å². The molecular formula is C18H22N2O2S. The molecule has 1 aromatic heterocycles. The van der Waals surface area contributed by atoms with Crippen molar-refractivity contribution in [2.45, 2.75) is 26.2 Å². The first kappa shape index (κ1) is 17.2. The van der Waals surface area contributed by atoms with E-state index in [0.717, 1.165) is 6.42 Å². The Morgan fingerprint density at radius 3 is 2.61 bits per heavy atom. The Labute approximate surface area is 140 Å². The van der Waals surface area contributed by atoms with Gasteiger partial charge in [0.15, 0.2) is 0 Å². The number of nitrogens with one attached hydrogen (secondary N) is 2. The molecule has 1 aromatic carbocycles. The molecule has 0 saturated heterocycles. The molecule has 2 amide bonds. The van der Waals surface area contributed by atoms with Crippen molar-refractivity contribution in [3.63, 3.8) is 0 Å².